The Labute approximate surface area is 80.0 Å². The summed E-state index contributed by atoms with van der Waals surface area (Å²) in [5.41, 5.74) is 2.56. The summed E-state index contributed by atoms with van der Waals surface area (Å²) in [5, 5.41) is 0. The van der Waals surface area contributed by atoms with Crippen LogP contribution in [0.4, 0.5) is 0 Å². The summed E-state index contributed by atoms with van der Waals surface area (Å²) >= 11 is 0. The number of hydrogen-bond donors (Lipinski definition) is 2. The third-order valence-corrected chi connectivity index (χ3v) is 2.76. The number of terminal acetylenes is 1. The standard InChI is InChI=1S/C10H18N2O/c1-3-6-9(12-11)10(2)7-4-5-8-13-10/h1,9,12H,4-8,11H2,2H3. The fourth-order valence-corrected chi connectivity index (χ4v) is 1.80. The van der Waals surface area contributed by atoms with Crippen LogP contribution in [0.1, 0.15) is 32.6 Å². The molecule has 1 fully saturated rings. The van der Waals surface area contributed by atoms with Crippen LogP contribution in [-0.2, 0) is 4.74 Å². The molecule has 3 heteroatoms. The lowest BCUT2D eigenvalue weighted by Gasteiger charge is -2.39. The summed E-state index contributed by atoms with van der Waals surface area (Å²) in [6.45, 7) is 2.90. The fraction of sp³-hybridized carbons (Fsp3) is 0.800. The third kappa shape index (κ3) is 2.44. The molecule has 1 saturated heterocycles. The monoisotopic (exact) mass is 182 g/mol. The highest BCUT2D eigenvalue weighted by molar-refractivity contribution is 4.98. The summed E-state index contributed by atoms with van der Waals surface area (Å²) in [7, 11) is 0. The van der Waals surface area contributed by atoms with Gasteiger partial charge in [-0.1, -0.05) is 0 Å². The van der Waals surface area contributed by atoms with Gasteiger partial charge in [-0.15, -0.1) is 12.3 Å². The van der Waals surface area contributed by atoms with Gasteiger partial charge in [0, 0.05) is 13.0 Å². The van der Waals surface area contributed by atoms with E-state index in [1.165, 1.54) is 6.42 Å². The molecule has 1 aliphatic heterocycles. The van der Waals surface area contributed by atoms with Crippen molar-refractivity contribution >= 4 is 0 Å². The number of ether oxygens (including phenoxy) is 1. The number of nitrogens with two attached hydrogens (primary N) is 1. The third-order valence-electron chi connectivity index (χ3n) is 2.76. The van der Waals surface area contributed by atoms with Crippen LogP contribution in [0.25, 0.3) is 0 Å². The van der Waals surface area contributed by atoms with E-state index in [4.69, 9.17) is 17.0 Å². The number of hydrogen-bond acceptors (Lipinski definition) is 3. The summed E-state index contributed by atoms with van der Waals surface area (Å²) in [6, 6.07) is 0.0674. The van der Waals surface area contributed by atoms with Crippen molar-refractivity contribution < 1.29 is 4.74 Å². The molecule has 0 spiro atoms. The van der Waals surface area contributed by atoms with Gasteiger partial charge in [-0.05, 0) is 26.2 Å². The molecule has 1 aliphatic rings. The Balaban J connectivity index is 2.58. The van der Waals surface area contributed by atoms with Crippen LogP contribution in [0.15, 0.2) is 0 Å². The molecule has 13 heavy (non-hydrogen) atoms. The molecule has 0 radical (unpaired) electrons. The van der Waals surface area contributed by atoms with Crippen molar-refractivity contribution in [3.63, 3.8) is 0 Å². The van der Waals surface area contributed by atoms with Gasteiger partial charge >= 0.3 is 0 Å². The van der Waals surface area contributed by atoms with Gasteiger partial charge in [0.25, 0.3) is 0 Å². The lowest BCUT2D eigenvalue weighted by Crippen LogP contribution is -2.54. The second-order valence-electron chi connectivity index (χ2n) is 3.75. The van der Waals surface area contributed by atoms with Crippen LogP contribution in [-0.4, -0.2) is 18.2 Å². The molecular weight excluding hydrogens is 164 g/mol. The van der Waals surface area contributed by atoms with Crippen molar-refractivity contribution in [2.75, 3.05) is 6.61 Å². The Morgan fingerprint density at radius 2 is 2.46 bits per heavy atom. The van der Waals surface area contributed by atoms with Crippen molar-refractivity contribution in [3.05, 3.63) is 0 Å². The number of nitrogens with one attached hydrogen (secondary N) is 1. The first-order valence-electron chi connectivity index (χ1n) is 4.76. The molecule has 0 amide bonds. The highest BCUT2D eigenvalue weighted by Gasteiger charge is 2.35. The highest BCUT2D eigenvalue weighted by Crippen LogP contribution is 2.28. The van der Waals surface area contributed by atoms with Crippen molar-refractivity contribution in [1.82, 2.24) is 5.43 Å². The second-order valence-corrected chi connectivity index (χ2v) is 3.75. The summed E-state index contributed by atoms with van der Waals surface area (Å²) < 4.78 is 5.73. The predicted octanol–water partition coefficient (Wildman–Crippen LogP) is 0.801. The maximum atomic E-state index is 5.73. The first-order chi connectivity index (χ1) is 6.23. The smallest absolute Gasteiger partial charge is 0.0829 e. The van der Waals surface area contributed by atoms with Crippen molar-refractivity contribution in [1.29, 1.82) is 0 Å². The van der Waals surface area contributed by atoms with Gasteiger partial charge < -0.3 is 4.74 Å². The Morgan fingerprint density at radius 1 is 1.69 bits per heavy atom. The average Bonchev–Trinajstić information content (AvgIpc) is 2.15. The van der Waals surface area contributed by atoms with Gasteiger partial charge in [-0.2, -0.15) is 0 Å². The molecule has 0 aromatic heterocycles. The lowest BCUT2D eigenvalue weighted by atomic mass is 9.87. The second kappa shape index (κ2) is 4.61. The molecule has 0 aliphatic carbocycles. The highest BCUT2D eigenvalue weighted by atomic mass is 16.5. The number of hydrazine groups is 1. The summed E-state index contributed by atoms with van der Waals surface area (Å²) in [5.74, 6) is 8.07. The largest absolute Gasteiger partial charge is 0.374 e. The minimum atomic E-state index is -0.181. The van der Waals surface area contributed by atoms with Gasteiger partial charge in [0.15, 0.2) is 0 Å². The van der Waals surface area contributed by atoms with Crippen LogP contribution in [0, 0.1) is 12.3 Å². The average molecular weight is 182 g/mol. The van der Waals surface area contributed by atoms with Gasteiger partial charge in [0.1, 0.15) is 0 Å². The van der Waals surface area contributed by atoms with Gasteiger partial charge in [-0.3, -0.25) is 11.3 Å². The molecule has 3 N–H and O–H groups in total. The maximum Gasteiger partial charge on any atom is 0.0829 e. The quantitative estimate of drug-likeness (QED) is 0.385. The predicted molar refractivity (Wildman–Crippen MR) is 52.8 cm³/mol. The Morgan fingerprint density at radius 3 is 2.92 bits per heavy atom. The van der Waals surface area contributed by atoms with Crippen molar-refractivity contribution in [3.8, 4) is 12.3 Å². The molecule has 1 heterocycles. The first kappa shape index (κ1) is 10.5. The lowest BCUT2D eigenvalue weighted by molar-refractivity contribution is -0.0875. The van der Waals surface area contributed by atoms with Gasteiger partial charge in [0.05, 0.1) is 11.6 Å². The summed E-state index contributed by atoms with van der Waals surface area (Å²) in [6.07, 6.45) is 9.25. The molecule has 1 rings (SSSR count). The van der Waals surface area contributed by atoms with E-state index in [1.54, 1.807) is 0 Å². The minimum absolute atomic E-state index is 0.0674. The van der Waals surface area contributed by atoms with Crippen LogP contribution in [0.5, 0.6) is 0 Å². The molecule has 0 aromatic rings. The van der Waals surface area contributed by atoms with E-state index in [1.807, 2.05) is 0 Å². The van der Waals surface area contributed by atoms with E-state index < -0.39 is 0 Å². The van der Waals surface area contributed by atoms with Gasteiger partial charge in [-0.25, -0.2) is 0 Å². The van der Waals surface area contributed by atoms with E-state index in [2.05, 4.69) is 18.3 Å². The van der Waals surface area contributed by atoms with Crippen molar-refractivity contribution in [2.24, 2.45) is 5.84 Å². The fourth-order valence-electron chi connectivity index (χ4n) is 1.80. The van der Waals surface area contributed by atoms with E-state index in [0.717, 1.165) is 19.4 Å². The number of rotatable bonds is 3. The molecular formula is C10H18N2O. The van der Waals surface area contributed by atoms with Crippen LogP contribution in [0.3, 0.4) is 0 Å². The summed E-state index contributed by atoms with van der Waals surface area (Å²) in [4.78, 5) is 0. The molecule has 2 unspecified atom stereocenters. The van der Waals surface area contributed by atoms with E-state index in [-0.39, 0.29) is 11.6 Å². The van der Waals surface area contributed by atoms with E-state index in [0.29, 0.717) is 6.42 Å². The zero-order valence-corrected chi connectivity index (χ0v) is 8.18. The first-order valence-corrected chi connectivity index (χ1v) is 4.76. The van der Waals surface area contributed by atoms with E-state index in [9.17, 15) is 0 Å². The topological polar surface area (TPSA) is 47.3 Å². The normalized spacial score (nSPS) is 30.8. The van der Waals surface area contributed by atoms with Crippen LogP contribution in [0.2, 0.25) is 0 Å². The molecule has 0 saturated carbocycles. The molecule has 74 valence electrons. The molecule has 0 bridgehead atoms. The van der Waals surface area contributed by atoms with Gasteiger partial charge in [0.2, 0.25) is 0 Å². The van der Waals surface area contributed by atoms with Crippen LogP contribution >= 0.6 is 0 Å². The molecule has 0 aromatic carbocycles. The van der Waals surface area contributed by atoms with Crippen LogP contribution < -0.4 is 11.3 Å². The minimum Gasteiger partial charge on any atom is -0.374 e. The maximum absolute atomic E-state index is 5.73. The zero-order chi connectivity index (χ0) is 9.73. The molecule has 2 atom stereocenters. The Bertz CT molecular complexity index is 192. The van der Waals surface area contributed by atoms with E-state index >= 15 is 0 Å². The Kier molecular flexibility index (Phi) is 3.73. The molecule has 3 nitrogen and oxygen atoms in total. The van der Waals surface area contributed by atoms with Crippen molar-refractivity contribution in [2.45, 2.75) is 44.2 Å². The zero-order valence-electron chi connectivity index (χ0n) is 8.18. The SMILES string of the molecule is C#CCC(NN)C1(C)CCCCO1. The Hall–Kier alpha value is -0.560.